The summed E-state index contributed by atoms with van der Waals surface area (Å²) in [7, 11) is 2.58. The average molecular weight is 890 g/mol. The van der Waals surface area contributed by atoms with E-state index in [2.05, 4.69) is 70.2 Å². The fourth-order valence-electron chi connectivity index (χ4n) is 10.8. The molecule has 1 saturated carbocycles. The molecular weight excluding hydrogens is 839 g/mol. The van der Waals surface area contributed by atoms with E-state index in [1.54, 1.807) is 4.90 Å². The van der Waals surface area contributed by atoms with Crippen molar-refractivity contribution in [1.29, 1.82) is 0 Å². The van der Waals surface area contributed by atoms with Crippen molar-refractivity contribution in [3.8, 4) is 11.1 Å². The second-order valence-electron chi connectivity index (χ2n) is 18.5. The number of aromatic nitrogens is 2. The zero-order chi connectivity index (χ0) is 45.4. The lowest BCUT2D eigenvalue weighted by molar-refractivity contribution is -0.153. The number of H-pyrrole nitrogens is 1. The average Bonchev–Trinajstić information content (AvgIpc) is 3.94. The third-order valence-corrected chi connectivity index (χ3v) is 14.2. The predicted molar refractivity (Wildman–Crippen MR) is 247 cm³/mol. The van der Waals surface area contributed by atoms with Gasteiger partial charge < -0.3 is 44.4 Å². The molecule has 3 N–H and O–H groups in total. The van der Waals surface area contributed by atoms with Crippen LogP contribution in [0.1, 0.15) is 62.1 Å². The van der Waals surface area contributed by atoms with Gasteiger partial charge in [0.2, 0.25) is 5.91 Å². The first-order valence-corrected chi connectivity index (χ1v) is 22.7. The summed E-state index contributed by atoms with van der Waals surface area (Å²) < 4.78 is 22.0. The molecule has 0 bridgehead atoms. The van der Waals surface area contributed by atoms with Crippen LogP contribution in [-0.2, 0) is 35.0 Å². The van der Waals surface area contributed by atoms with E-state index in [1.165, 1.54) is 14.2 Å². The molecule has 1 aliphatic carbocycles. The summed E-state index contributed by atoms with van der Waals surface area (Å²) >= 11 is 0. The normalized spacial score (nSPS) is 22.4. The predicted octanol–water partition coefficient (Wildman–Crippen LogP) is 7.65. The molecule has 5 aromatic carbocycles. The number of piperidine rings is 1. The van der Waals surface area contributed by atoms with Crippen LogP contribution in [-0.4, -0.2) is 107 Å². The molecule has 4 aliphatic heterocycles. The summed E-state index contributed by atoms with van der Waals surface area (Å²) in [6.45, 7) is 4.84. The number of fused-ring (bicyclic) bond motifs is 7. The number of methoxy groups -OCH3 is 2. The van der Waals surface area contributed by atoms with Gasteiger partial charge in [0.15, 0.2) is 5.79 Å². The number of amides is 4. The molecule has 6 atom stereocenters. The Bertz CT molecular complexity index is 2980. The monoisotopic (exact) mass is 889 g/mol. The Hall–Kier alpha value is -6.84. The van der Waals surface area contributed by atoms with Crippen molar-refractivity contribution >= 4 is 68.0 Å². The lowest BCUT2D eigenvalue weighted by Crippen LogP contribution is -2.52. The molecule has 4 fully saturated rings. The zero-order valence-corrected chi connectivity index (χ0v) is 37.2. The number of carbonyl (C=O) groups is 4. The van der Waals surface area contributed by atoms with Crippen LogP contribution in [0.15, 0.2) is 96.0 Å². The first kappa shape index (κ1) is 41.8. The molecule has 11 rings (SSSR count). The van der Waals surface area contributed by atoms with Gasteiger partial charge in [-0.1, -0.05) is 80.6 Å². The number of aromatic amines is 1. The Morgan fingerprint density at radius 2 is 1.50 bits per heavy atom. The second kappa shape index (κ2) is 16.2. The Kier molecular flexibility index (Phi) is 10.3. The molecule has 0 unspecified atom stereocenters. The van der Waals surface area contributed by atoms with Crippen molar-refractivity contribution in [1.82, 2.24) is 30.4 Å². The van der Waals surface area contributed by atoms with Crippen molar-refractivity contribution < 1.29 is 38.1 Å². The van der Waals surface area contributed by atoms with Crippen LogP contribution in [0.2, 0.25) is 0 Å². The van der Waals surface area contributed by atoms with E-state index in [9.17, 15) is 19.2 Å². The number of ether oxygens (including phenoxy) is 4. The lowest BCUT2D eigenvalue weighted by Gasteiger charge is -2.31. The van der Waals surface area contributed by atoms with Crippen LogP contribution in [0, 0.1) is 11.8 Å². The highest BCUT2D eigenvalue weighted by atomic mass is 16.7. The standard InChI is InChI=1S/C51H51N7O8/c1-27(2)43(55-49(61)63-3)47(59)57-26-51(65-18-19-66-51)25-42(57)46-53-38-17-13-32-21-30(11-15-35(32)45(38)54-46)29-10-14-34-31(20-29)12-16-37-36(34)24-39(52-37)41-23-33-22-40(33)58(41)48(60)44(56-50(62)64-4)28-8-6-5-7-9-28/h5-17,20-21,27,33,40-44H,18-19,22-26H2,1-4H3,(H,53,54)(H,55,61)(H,56,62)/t33-,40-,41+,42+,43+,44-/m1/s1. The van der Waals surface area contributed by atoms with E-state index in [-0.39, 0.29) is 36.4 Å². The van der Waals surface area contributed by atoms with Gasteiger partial charge in [0.25, 0.3) is 5.91 Å². The van der Waals surface area contributed by atoms with E-state index in [1.807, 2.05) is 55.1 Å². The van der Waals surface area contributed by atoms with E-state index >= 15 is 0 Å². The molecule has 3 saturated heterocycles. The van der Waals surface area contributed by atoms with Crippen molar-refractivity contribution in [3.63, 3.8) is 0 Å². The van der Waals surface area contributed by atoms with Gasteiger partial charge in [0.1, 0.15) is 17.9 Å². The summed E-state index contributed by atoms with van der Waals surface area (Å²) in [5.74, 6) is -0.497. The highest BCUT2D eigenvalue weighted by Crippen LogP contribution is 2.51. The smallest absolute Gasteiger partial charge is 0.407 e. The minimum Gasteiger partial charge on any atom is -0.453 e. The molecule has 5 aliphatic rings. The summed E-state index contributed by atoms with van der Waals surface area (Å²) in [6, 6.07) is 28.4. The zero-order valence-electron chi connectivity index (χ0n) is 37.2. The summed E-state index contributed by atoms with van der Waals surface area (Å²) in [5.41, 5.74) is 7.56. The number of alkyl carbamates (subject to hydrolysis) is 2. The van der Waals surface area contributed by atoms with Crippen LogP contribution in [0.3, 0.4) is 0 Å². The minimum atomic E-state index is -0.950. The maximum atomic E-state index is 14.4. The van der Waals surface area contributed by atoms with E-state index in [0.717, 1.165) is 73.5 Å². The number of imidazole rings is 1. The van der Waals surface area contributed by atoms with Crippen LogP contribution in [0.4, 0.5) is 15.3 Å². The van der Waals surface area contributed by atoms with Crippen LogP contribution < -0.4 is 10.6 Å². The van der Waals surface area contributed by atoms with Gasteiger partial charge in [-0.3, -0.25) is 14.6 Å². The Labute approximate surface area is 380 Å². The maximum Gasteiger partial charge on any atom is 0.407 e. The number of rotatable bonds is 9. The molecule has 15 heteroatoms. The highest BCUT2D eigenvalue weighted by molar-refractivity contribution is 6.08. The minimum absolute atomic E-state index is 0.135. The molecular formula is C51H51N7O8. The van der Waals surface area contributed by atoms with Gasteiger partial charge in [-0.2, -0.15) is 0 Å². The SMILES string of the molecule is COC(=O)N[C@H](C(=O)N1CC2(C[C@H]1c1nc3c(ccc4cc(-c5ccc6c7c(ccc6c5)N=C([C@@H]5C[C@H]6C[C@H]6N5C(=O)[C@H](NC(=O)OC)c5ccccc5)C7)ccc43)[nH]1)OCCO2)C(C)C. The summed E-state index contributed by atoms with van der Waals surface area (Å²) in [5, 5.41) is 9.75. The number of carbonyl (C=O) groups excluding carboxylic acids is 4. The largest absolute Gasteiger partial charge is 0.453 e. The summed E-state index contributed by atoms with van der Waals surface area (Å²) in [4.78, 5) is 70.8. The molecule has 0 radical (unpaired) electrons. The Balaban J connectivity index is 0.847. The molecule has 1 spiro atoms. The number of nitrogens with one attached hydrogen (secondary N) is 3. The third kappa shape index (κ3) is 7.21. The Morgan fingerprint density at radius 3 is 2.23 bits per heavy atom. The molecule has 1 aromatic heterocycles. The number of likely N-dealkylation sites (tertiary alicyclic amines) is 2. The number of nitrogens with zero attached hydrogens (tertiary/aromatic N) is 4. The van der Waals surface area contributed by atoms with Gasteiger partial charge >= 0.3 is 12.2 Å². The number of hydrogen-bond donors (Lipinski definition) is 3. The summed E-state index contributed by atoms with van der Waals surface area (Å²) in [6.07, 6.45) is 1.54. The van der Waals surface area contributed by atoms with Gasteiger partial charge in [-0.05, 0) is 87.4 Å². The van der Waals surface area contributed by atoms with Gasteiger partial charge in [-0.15, -0.1) is 0 Å². The Morgan fingerprint density at radius 1 is 0.803 bits per heavy atom. The number of benzene rings is 5. The van der Waals surface area contributed by atoms with Crippen molar-refractivity contribution in [2.75, 3.05) is 34.0 Å². The first-order chi connectivity index (χ1) is 32.0. The topological polar surface area (TPSA) is 177 Å². The molecule has 6 aromatic rings. The van der Waals surface area contributed by atoms with E-state index in [0.29, 0.717) is 43.4 Å². The first-order valence-electron chi connectivity index (χ1n) is 22.7. The van der Waals surface area contributed by atoms with Crippen molar-refractivity contribution in [2.45, 2.75) is 75.5 Å². The van der Waals surface area contributed by atoms with Crippen LogP contribution >= 0.6 is 0 Å². The number of hydrogen-bond acceptors (Lipinski definition) is 10. The molecule has 15 nitrogen and oxygen atoms in total. The van der Waals surface area contributed by atoms with Gasteiger partial charge in [0, 0.05) is 30.0 Å². The maximum absolute atomic E-state index is 14.4. The second-order valence-corrected chi connectivity index (χ2v) is 18.5. The lowest BCUT2D eigenvalue weighted by atomic mass is 9.94. The quantitative estimate of drug-likeness (QED) is 0.132. The van der Waals surface area contributed by atoms with Gasteiger partial charge in [-0.25, -0.2) is 14.6 Å². The van der Waals surface area contributed by atoms with Crippen molar-refractivity contribution in [2.24, 2.45) is 16.8 Å². The van der Waals surface area contributed by atoms with E-state index in [4.69, 9.17) is 28.9 Å². The third-order valence-electron chi connectivity index (χ3n) is 14.2. The fourth-order valence-corrected chi connectivity index (χ4v) is 10.8. The highest BCUT2D eigenvalue weighted by Gasteiger charge is 2.57. The molecule has 66 heavy (non-hydrogen) atoms. The molecule has 4 amide bonds. The fraction of sp³-hybridized carbons (Fsp3) is 0.373. The number of aliphatic imine (C=N–C) groups is 1. The molecule has 338 valence electrons. The van der Waals surface area contributed by atoms with Crippen molar-refractivity contribution in [3.05, 3.63) is 108 Å². The molecule has 5 heterocycles. The van der Waals surface area contributed by atoms with Crippen LogP contribution in [0.5, 0.6) is 0 Å². The van der Waals surface area contributed by atoms with Crippen LogP contribution in [0.25, 0.3) is 43.7 Å². The van der Waals surface area contributed by atoms with E-state index < -0.39 is 36.1 Å². The van der Waals surface area contributed by atoms with Gasteiger partial charge in [0.05, 0.1) is 62.8 Å².